The molecule has 1 heterocycles. The lowest BCUT2D eigenvalue weighted by Crippen LogP contribution is -2.40. The van der Waals surface area contributed by atoms with Gasteiger partial charge in [-0.2, -0.15) is 0 Å². The first kappa shape index (κ1) is 10.5. The summed E-state index contributed by atoms with van der Waals surface area (Å²) in [4.78, 5) is 14.9. The Labute approximate surface area is 83.0 Å². The van der Waals surface area contributed by atoms with Crippen molar-refractivity contribution in [2.75, 3.05) is 0 Å². The molecule has 0 saturated carbocycles. The van der Waals surface area contributed by atoms with Gasteiger partial charge >= 0.3 is 0 Å². The molecule has 76 valence electrons. The largest absolute Gasteiger partial charge is 0.506 e. The molecule has 0 aromatic carbocycles. The number of hydrogen-bond acceptors (Lipinski definition) is 3. The Morgan fingerprint density at radius 1 is 1.50 bits per heavy atom. The van der Waals surface area contributed by atoms with E-state index < -0.39 is 5.54 Å². The Morgan fingerprint density at radius 2 is 2.14 bits per heavy atom. The third-order valence-electron chi connectivity index (χ3n) is 1.88. The van der Waals surface area contributed by atoms with Crippen molar-refractivity contribution in [2.45, 2.75) is 26.3 Å². The van der Waals surface area contributed by atoms with E-state index in [2.05, 4.69) is 10.3 Å². The molecule has 1 aromatic heterocycles. The monoisotopic (exact) mass is 194 g/mol. The summed E-state index contributed by atoms with van der Waals surface area (Å²) in [6, 6.07) is 3.23. The quantitative estimate of drug-likeness (QED) is 0.742. The maximum absolute atomic E-state index is 10.9. The molecular formula is C10H14N2O2. The van der Waals surface area contributed by atoms with Crippen molar-refractivity contribution >= 4 is 5.91 Å². The van der Waals surface area contributed by atoms with E-state index in [1.54, 1.807) is 12.1 Å². The number of carbonyl (C=O) groups excluding carboxylic acids is 1. The van der Waals surface area contributed by atoms with E-state index >= 15 is 0 Å². The highest BCUT2D eigenvalue weighted by Gasteiger charge is 2.22. The number of aromatic hydroxyl groups is 1. The zero-order valence-electron chi connectivity index (χ0n) is 8.53. The molecule has 0 spiro atoms. The van der Waals surface area contributed by atoms with Gasteiger partial charge in [-0.15, -0.1) is 0 Å². The minimum absolute atomic E-state index is 0.107. The average molecular weight is 194 g/mol. The van der Waals surface area contributed by atoms with Crippen LogP contribution >= 0.6 is 0 Å². The Balaban J connectivity index is 2.91. The molecule has 1 rings (SSSR count). The number of hydrogen-bond donors (Lipinski definition) is 2. The topological polar surface area (TPSA) is 62.2 Å². The highest BCUT2D eigenvalue weighted by atomic mass is 16.3. The second kappa shape index (κ2) is 3.65. The van der Waals surface area contributed by atoms with Gasteiger partial charge in [-0.25, -0.2) is 0 Å². The summed E-state index contributed by atoms with van der Waals surface area (Å²) in [7, 11) is 0. The van der Waals surface area contributed by atoms with E-state index in [0.29, 0.717) is 5.69 Å². The van der Waals surface area contributed by atoms with E-state index in [1.165, 1.54) is 13.1 Å². The number of nitrogens with zero attached hydrogens (tertiary/aromatic N) is 1. The molecule has 2 N–H and O–H groups in total. The van der Waals surface area contributed by atoms with E-state index in [1.807, 2.05) is 13.8 Å². The third kappa shape index (κ3) is 2.45. The molecule has 1 aromatic rings. The number of rotatable bonds is 2. The van der Waals surface area contributed by atoms with Gasteiger partial charge in [0, 0.05) is 6.92 Å². The fourth-order valence-corrected chi connectivity index (χ4v) is 1.26. The second-order valence-electron chi connectivity index (χ2n) is 3.71. The van der Waals surface area contributed by atoms with E-state index in [9.17, 15) is 4.79 Å². The normalized spacial score (nSPS) is 11.1. The number of carbonyl (C=O) groups is 1. The predicted octanol–water partition coefficient (Wildman–Crippen LogP) is 1.16. The van der Waals surface area contributed by atoms with Crippen molar-refractivity contribution in [3.8, 4) is 5.75 Å². The lowest BCUT2D eigenvalue weighted by Gasteiger charge is -2.24. The summed E-state index contributed by atoms with van der Waals surface area (Å²) in [5.74, 6) is 0.0113. The molecule has 0 saturated heterocycles. The molecule has 4 nitrogen and oxygen atoms in total. The first-order valence-electron chi connectivity index (χ1n) is 4.36. The van der Waals surface area contributed by atoms with Gasteiger partial charge in [0.05, 0.1) is 17.4 Å². The summed E-state index contributed by atoms with van der Waals surface area (Å²) in [5, 5.41) is 11.8. The predicted molar refractivity (Wildman–Crippen MR) is 52.7 cm³/mol. The lowest BCUT2D eigenvalue weighted by molar-refractivity contribution is -0.120. The van der Waals surface area contributed by atoms with Crippen LogP contribution in [-0.4, -0.2) is 16.0 Å². The van der Waals surface area contributed by atoms with Crippen LogP contribution < -0.4 is 5.32 Å². The molecule has 0 atom stereocenters. The van der Waals surface area contributed by atoms with Crippen LogP contribution in [0.3, 0.4) is 0 Å². The van der Waals surface area contributed by atoms with Crippen LogP contribution in [0.25, 0.3) is 0 Å². The molecule has 0 aliphatic rings. The van der Waals surface area contributed by atoms with Gasteiger partial charge in [0.15, 0.2) is 0 Å². The van der Waals surface area contributed by atoms with Gasteiger partial charge in [0.1, 0.15) is 5.75 Å². The SMILES string of the molecule is CC(=O)NC(C)(C)c1ccc(O)cn1. The summed E-state index contributed by atoms with van der Waals surface area (Å²) < 4.78 is 0. The van der Waals surface area contributed by atoms with Crippen LogP contribution in [0, 0.1) is 0 Å². The van der Waals surface area contributed by atoms with E-state index in [4.69, 9.17) is 5.11 Å². The fourth-order valence-electron chi connectivity index (χ4n) is 1.26. The highest BCUT2D eigenvalue weighted by molar-refractivity contribution is 5.73. The van der Waals surface area contributed by atoms with Crippen LogP contribution in [0.15, 0.2) is 18.3 Å². The first-order valence-corrected chi connectivity index (χ1v) is 4.36. The molecule has 14 heavy (non-hydrogen) atoms. The number of aromatic nitrogens is 1. The third-order valence-corrected chi connectivity index (χ3v) is 1.88. The Morgan fingerprint density at radius 3 is 2.57 bits per heavy atom. The van der Waals surface area contributed by atoms with E-state index in [-0.39, 0.29) is 11.7 Å². The second-order valence-corrected chi connectivity index (χ2v) is 3.71. The smallest absolute Gasteiger partial charge is 0.217 e. The van der Waals surface area contributed by atoms with Gasteiger partial charge in [-0.1, -0.05) is 0 Å². The molecule has 0 bridgehead atoms. The molecule has 1 amide bonds. The minimum Gasteiger partial charge on any atom is -0.506 e. The summed E-state index contributed by atoms with van der Waals surface area (Å²) >= 11 is 0. The van der Waals surface area contributed by atoms with Crippen LogP contribution in [0.4, 0.5) is 0 Å². The van der Waals surface area contributed by atoms with Crippen molar-refractivity contribution < 1.29 is 9.90 Å². The number of amides is 1. The van der Waals surface area contributed by atoms with Gasteiger partial charge < -0.3 is 10.4 Å². The van der Waals surface area contributed by atoms with Crippen molar-refractivity contribution in [2.24, 2.45) is 0 Å². The standard InChI is InChI=1S/C10H14N2O2/c1-7(13)12-10(2,3)9-5-4-8(14)6-11-9/h4-6,14H,1-3H3,(H,12,13). The van der Waals surface area contributed by atoms with Crippen molar-refractivity contribution in [1.82, 2.24) is 10.3 Å². The average Bonchev–Trinajstić information content (AvgIpc) is 2.02. The van der Waals surface area contributed by atoms with Gasteiger partial charge in [-0.3, -0.25) is 9.78 Å². The van der Waals surface area contributed by atoms with Gasteiger partial charge in [0.2, 0.25) is 5.91 Å². The van der Waals surface area contributed by atoms with Crippen molar-refractivity contribution in [3.05, 3.63) is 24.0 Å². The molecule has 0 aliphatic heterocycles. The maximum atomic E-state index is 10.9. The zero-order chi connectivity index (χ0) is 10.8. The molecule has 4 heteroatoms. The minimum atomic E-state index is -0.514. The summed E-state index contributed by atoms with van der Waals surface area (Å²) in [5.41, 5.74) is 0.199. The van der Waals surface area contributed by atoms with Crippen LogP contribution in [0.5, 0.6) is 5.75 Å². The van der Waals surface area contributed by atoms with E-state index in [0.717, 1.165) is 0 Å². The number of nitrogens with one attached hydrogen (secondary N) is 1. The molecule has 0 unspecified atom stereocenters. The maximum Gasteiger partial charge on any atom is 0.217 e. The molecule has 0 radical (unpaired) electrons. The van der Waals surface area contributed by atoms with Crippen LogP contribution in [0.1, 0.15) is 26.5 Å². The van der Waals surface area contributed by atoms with Crippen molar-refractivity contribution in [3.63, 3.8) is 0 Å². The van der Waals surface area contributed by atoms with Gasteiger partial charge in [-0.05, 0) is 26.0 Å². The lowest BCUT2D eigenvalue weighted by atomic mass is 10.00. The molecule has 0 aliphatic carbocycles. The van der Waals surface area contributed by atoms with Crippen LogP contribution in [-0.2, 0) is 10.3 Å². The number of pyridine rings is 1. The Hall–Kier alpha value is -1.58. The summed E-state index contributed by atoms with van der Waals surface area (Å²) in [6.45, 7) is 5.17. The fraction of sp³-hybridized carbons (Fsp3) is 0.400. The Bertz CT molecular complexity index is 330. The summed E-state index contributed by atoms with van der Waals surface area (Å²) in [6.07, 6.45) is 1.36. The van der Waals surface area contributed by atoms with Crippen LogP contribution in [0.2, 0.25) is 0 Å². The zero-order valence-corrected chi connectivity index (χ0v) is 8.53. The molecular weight excluding hydrogens is 180 g/mol. The Kier molecular flexibility index (Phi) is 2.74. The molecule has 0 fully saturated rings. The van der Waals surface area contributed by atoms with Crippen molar-refractivity contribution in [1.29, 1.82) is 0 Å². The van der Waals surface area contributed by atoms with Gasteiger partial charge in [0.25, 0.3) is 0 Å². The highest BCUT2D eigenvalue weighted by Crippen LogP contribution is 2.19. The first-order chi connectivity index (χ1) is 6.42.